The van der Waals surface area contributed by atoms with Crippen molar-refractivity contribution in [3.05, 3.63) is 24.8 Å². The Morgan fingerprint density at radius 1 is 1.47 bits per heavy atom. The minimum Gasteiger partial charge on any atom is -0.331 e. The van der Waals surface area contributed by atoms with Crippen molar-refractivity contribution in [2.45, 2.75) is 24.9 Å². The molecule has 0 unspecified atom stereocenters. The van der Waals surface area contributed by atoms with Crippen molar-refractivity contribution in [2.24, 2.45) is 10.9 Å². The predicted octanol–water partition coefficient (Wildman–Crippen LogP) is 0.988. The highest BCUT2D eigenvalue weighted by atomic mass is 16.2. The Morgan fingerprint density at radius 3 is 2.82 bits per heavy atom. The summed E-state index contributed by atoms with van der Waals surface area (Å²) in [4.78, 5) is 28.8. The molecule has 1 amide bonds. The first kappa shape index (κ1) is 11.8. The Kier molecular flexibility index (Phi) is 3.22. The van der Waals surface area contributed by atoms with Gasteiger partial charge in [-0.3, -0.25) is 14.6 Å². The van der Waals surface area contributed by atoms with Gasteiger partial charge in [0.1, 0.15) is 5.71 Å². The van der Waals surface area contributed by atoms with Crippen LogP contribution in [-0.2, 0) is 9.59 Å². The number of hydrogen-bond donors (Lipinski definition) is 0. The lowest BCUT2D eigenvalue weighted by molar-refractivity contribution is -0.127. The smallest absolute Gasteiger partial charge is 0.210 e. The van der Waals surface area contributed by atoms with E-state index in [1.165, 1.54) is 0 Å². The molecule has 90 valence electrons. The third-order valence-electron chi connectivity index (χ3n) is 3.46. The summed E-state index contributed by atoms with van der Waals surface area (Å²) in [5.74, 6) is 0.459. The van der Waals surface area contributed by atoms with Crippen LogP contribution in [-0.4, -0.2) is 41.9 Å². The largest absolute Gasteiger partial charge is 0.331 e. The predicted molar refractivity (Wildman–Crippen MR) is 65.9 cm³/mol. The number of carbonyl (C=O) groups is 2. The van der Waals surface area contributed by atoms with Crippen LogP contribution in [0.4, 0.5) is 0 Å². The summed E-state index contributed by atoms with van der Waals surface area (Å²) in [5.41, 5.74) is 0.406. The number of likely N-dealkylation sites (tertiary alicyclic amines) is 1. The minimum atomic E-state index is -0.315. The normalized spacial score (nSPS) is 31.5. The fourth-order valence-electron chi connectivity index (χ4n) is 2.48. The molecule has 2 rings (SSSR count). The molecule has 1 heterocycles. The first-order valence-electron chi connectivity index (χ1n) is 5.75. The van der Waals surface area contributed by atoms with E-state index in [1.807, 2.05) is 0 Å². The summed E-state index contributed by atoms with van der Waals surface area (Å²) in [6.07, 6.45) is 7.54. The molecule has 0 aromatic heterocycles. The highest BCUT2D eigenvalue weighted by Gasteiger charge is 2.53. The van der Waals surface area contributed by atoms with E-state index in [0.717, 1.165) is 19.3 Å². The molecule has 2 fully saturated rings. The van der Waals surface area contributed by atoms with Gasteiger partial charge in [-0.15, -0.1) is 0 Å². The molecule has 4 heteroatoms. The van der Waals surface area contributed by atoms with E-state index in [-0.39, 0.29) is 11.8 Å². The number of ketones is 1. The third-order valence-corrected chi connectivity index (χ3v) is 3.46. The monoisotopic (exact) mass is 232 g/mol. The van der Waals surface area contributed by atoms with Gasteiger partial charge in [0.25, 0.3) is 0 Å². The van der Waals surface area contributed by atoms with Gasteiger partial charge in [-0.25, -0.2) is 0 Å². The number of carbonyl (C=O) groups excluding carboxylic acids is 2. The molecule has 2 aliphatic rings. The Morgan fingerprint density at radius 2 is 2.24 bits per heavy atom. The van der Waals surface area contributed by atoms with E-state index in [2.05, 4.69) is 11.6 Å². The summed E-state index contributed by atoms with van der Waals surface area (Å²) in [6, 6.07) is -0.0210. The van der Waals surface area contributed by atoms with Crippen molar-refractivity contribution in [3.8, 4) is 0 Å². The molecule has 4 nitrogen and oxygen atoms in total. The fraction of sp³-hybridized carbons (Fsp3) is 0.462. The van der Waals surface area contributed by atoms with Gasteiger partial charge in [-0.1, -0.05) is 18.7 Å². The molecule has 0 N–H and O–H groups in total. The Balaban J connectivity index is 2.11. The van der Waals surface area contributed by atoms with Gasteiger partial charge in [0.05, 0.1) is 6.04 Å². The van der Waals surface area contributed by atoms with E-state index in [1.54, 1.807) is 30.2 Å². The summed E-state index contributed by atoms with van der Waals surface area (Å²) >= 11 is 0. The third kappa shape index (κ3) is 2.07. The minimum absolute atomic E-state index is 0.0649. The van der Waals surface area contributed by atoms with Crippen LogP contribution in [0.15, 0.2) is 29.8 Å². The quantitative estimate of drug-likeness (QED) is 0.403. The average molecular weight is 232 g/mol. The number of nitrogens with zero attached hydrogens (tertiary/aromatic N) is 2. The van der Waals surface area contributed by atoms with Crippen LogP contribution in [0.5, 0.6) is 0 Å². The first-order valence-corrected chi connectivity index (χ1v) is 5.75. The molecular weight excluding hydrogens is 216 g/mol. The molecule has 17 heavy (non-hydrogen) atoms. The van der Waals surface area contributed by atoms with Crippen molar-refractivity contribution < 1.29 is 9.59 Å². The van der Waals surface area contributed by atoms with Gasteiger partial charge >= 0.3 is 0 Å². The number of aliphatic imine (C=N–C) groups is 1. The number of piperidine rings is 1. The Labute approximate surface area is 101 Å². The molecule has 0 radical (unpaired) electrons. The second kappa shape index (κ2) is 4.65. The molecule has 0 bridgehead atoms. The number of Topliss-reactive ketones (excluding diaryl/α,β-unsaturated/α-hetero) is 1. The molecule has 0 aromatic carbocycles. The molecule has 1 aliphatic heterocycles. The lowest BCUT2D eigenvalue weighted by Gasteiger charge is -2.21. The molecule has 1 saturated carbocycles. The Bertz CT molecular complexity index is 412. The first-order chi connectivity index (χ1) is 8.22. The van der Waals surface area contributed by atoms with Crippen LogP contribution in [0.3, 0.4) is 0 Å². The Hall–Kier alpha value is -1.71. The number of amides is 1. The van der Waals surface area contributed by atoms with Gasteiger partial charge in [0, 0.05) is 13.1 Å². The van der Waals surface area contributed by atoms with Crippen LogP contribution in [0, 0.1) is 5.92 Å². The van der Waals surface area contributed by atoms with Crippen LogP contribution in [0.25, 0.3) is 0 Å². The van der Waals surface area contributed by atoms with Gasteiger partial charge in [-0.2, -0.15) is 0 Å². The lowest BCUT2D eigenvalue weighted by Crippen LogP contribution is -2.41. The zero-order chi connectivity index (χ0) is 12.4. The lowest BCUT2D eigenvalue weighted by atomic mass is 10.0. The van der Waals surface area contributed by atoms with Gasteiger partial charge in [0.15, 0.2) is 0 Å². The summed E-state index contributed by atoms with van der Waals surface area (Å²) in [7, 11) is 1.58. The number of allylic oxidation sites excluding steroid dienone is 3. The molecular formula is C13H16N2O2. The van der Waals surface area contributed by atoms with Gasteiger partial charge in [-0.05, 0) is 24.8 Å². The number of fused-ring (bicyclic) bond motifs is 1. The van der Waals surface area contributed by atoms with Crippen LogP contribution in [0.2, 0.25) is 0 Å². The molecule has 1 saturated heterocycles. The maximum Gasteiger partial charge on any atom is 0.210 e. The second-order valence-electron chi connectivity index (χ2n) is 4.44. The molecule has 0 spiro atoms. The SMILES string of the molecule is C=C/C=C\C(=NC)C(=O)[C@@H]1C[C@H]2C[C@H]2N1C=O. The average Bonchev–Trinajstić information content (AvgIpc) is 3.01. The summed E-state index contributed by atoms with van der Waals surface area (Å²) < 4.78 is 0. The highest BCUT2D eigenvalue weighted by molar-refractivity contribution is 6.46. The van der Waals surface area contributed by atoms with E-state index < -0.39 is 0 Å². The van der Waals surface area contributed by atoms with E-state index in [9.17, 15) is 9.59 Å². The topological polar surface area (TPSA) is 49.7 Å². The van der Waals surface area contributed by atoms with Crippen molar-refractivity contribution in [1.82, 2.24) is 4.90 Å². The molecule has 1 aliphatic carbocycles. The van der Waals surface area contributed by atoms with Crippen molar-refractivity contribution in [2.75, 3.05) is 7.05 Å². The standard InChI is InChI=1S/C13H16N2O2/c1-3-4-5-10(14-2)13(17)12-7-9-6-11(9)15(12)8-16/h3-5,8-9,11-12H,1,6-7H2,2H3/b5-4-,14-10?/t9-,11-,12+/m1/s1. The van der Waals surface area contributed by atoms with Crippen LogP contribution < -0.4 is 0 Å². The number of hydrogen-bond acceptors (Lipinski definition) is 3. The van der Waals surface area contributed by atoms with Gasteiger partial charge < -0.3 is 4.90 Å². The van der Waals surface area contributed by atoms with Crippen molar-refractivity contribution >= 4 is 17.9 Å². The highest BCUT2D eigenvalue weighted by Crippen LogP contribution is 2.47. The van der Waals surface area contributed by atoms with E-state index in [0.29, 0.717) is 17.7 Å². The van der Waals surface area contributed by atoms with Crippen molar-refractivity contribution in [3.63, 3.8) is 0 Å². The van der Waals surface area contributed by atoms with E-state index in [4.69, 9.17) is 0 Å². The molecule has 0 aromatic rings. The maximum atomic E-state index is 12.2. The second-order valence-corrected chi connectivity index (χ2v) is 4.44. The van der Waals surface area contributed by atoms with E-state index >= 15 is 0 Å². The van der Waals surface area contributed by atoms with Crippen molar-refractivity contribution in [1.29, 1.82) is 0 Å². The van der Waals surface area contributed by atoms with Gasteiger partial charge in [0.2, 0.25) is 12.2 Å². The van der Waals surface area contributed by atoms with Crippen LogP contribution in [0.1, 0.15) is 12.8 Å². The number of rotatable bonds is 5. The van der Waals surface area contributed by atoms with Crippen LogP contribution >= 0.6 is 0 Å². The summed E-state index contributed by atoms with van der Waals surface area (Å²) in [6.45, 7) is 3.55. The zero-order valence-electron chi connectivity index (χ0n) is 9.87. The molecule has 3 atom stereocenters. The maximum absolute atomic E-state index is 12.2. The fourth-order valence-corrected chi connectivity index (χ4v) is 2.48. The summed E-state index contributed by atoms with van der Waals surface area (Å²) in [5, 5.41) is 0. The zero-order valence-corrected chi connectivity index (χ0v) is 9.87.